The molecule has 1 atom stereocenters. The Morgan fingerprint density at radius 1 is 1.52 bits per heavy atom. The molecule has 0 bridgehead atoms. The number of hydrogen-bond donors (Lipinski definition) is 2. The van der Waals surface area contributed by atoms with E-state index in [9.17, 15) is 9.59 Å². The zero-order valence-corrected chi connectivity index (χ0v) is 14.0. The third-order valence-electron chi connectivity index (χ3n) is 3.33. The zero-order chi connectivity index (χ0) is 15.4. The number of thioether (sulfide) groups is 1. The van der Waals surface area contributed by atoms with Gasteiger partial charge >= 0.3 is 12.0 Å². The molecule has 21 heavy (non-hydrogen) atoms. The fourth-order valence-electron chi connectivity index (χ4n) is 2.12. The molecule has 0 aromatic heterocycles. The molecule has 2 amide bonds. The highest BCUT2D eigenvalue weighted by Gasteiger charge is 2.23. The van der Waals surface area contributed by atoms with E-state index in [1.165, 1.54) is 6.07 Å². The van der Waals surface area contributed by atoms with Crippen LogP contribution in [0.1, 0.15) is 23.7 Å². The summed E-state index contributed by atoms with van der Waals surface area (Å²) in [7, 11) is 0. The number of benzene rings is 1. The molecular formula is C14H17BrN2O3S. The summed E-state index contributed by atoms with van der Waals surface area (Å²) in [5.41, 5.74) is 0.625. The number of anilines is 1. The van der Waals surface area contributed by atoms with Gasteiger partial charge in [-0.1, -0.05) is 6.92 Å². The van der Waals surface area contributed by atoms with Gasteiger partial charge in [-0.05, 0) is 40.5 Å². The molecule has 1 aliphatic rings. The molecule has 0 spiro atoms. The predicted molar refractivity (Wildman–Crippen MR) is 88.2 cm³/mol. The van der Waals surface area contributed by atoms with Gasteiger partial charge in [-0.3, -0.25) is 0 Å². The van der Waals surface area contributed by atoms with Gasteiger partial charge in [0.1, 0.15) is 0 Å². The number of rotatable bonds is 3. The van der Waals surface area contributed by atoms with Crippen molar-refractivity contribution in [1.82, 2.24) is 4.90 Å². The standard InChI is InChI=1S/C14H17BrN2O3S/c1-2-10-8-17(5-6-21-10)14(20)16-9-3-4-12(15)11(7-9)13(18)19/h3-4,7,10H,2,5-6,8H2,1H3,(H,16,20)(H,18,19). The Labute approximate surface area is 136 Å². The first-order chi connectivity index (χ1) is 10.0. The van der Waals surface area contributed by atoms with Crippen LogP contribution < -0.4 is 5.32 Å². The van der Waals surface area contributed by atoms with Gasteiger partial charge < -0.3 is 15.3 Å². The predicted octanol–water partition coefficient (Wildman–Crippen LogP) is 3.51. The van der Waals surface area contributed by atoms with Crippen LogP contribution in [0.2, 0.25) is 0 Å². The lowest BCUT2D eigenvalue weighted by molar-refractivity contribution is 0.0696. The number of carboxylic acid groups (broad SMARTS) is 1. The van der Waals surface area contributed by atoms with Crippen molar-refractivity contribution in [2.24, 2.45) is 0 Å². The Balaban J connectivity index is 2.05. The summed E-state index contributed by atoms with van der Waals surface area (Å²) in [6.07, 6.45) is 1.04. The fraction of sp³-hybridized carbons (Fsp3) is 0.429. The summed E-state index contributed by atoms with van der Waals surface area (Å²) in [4.78, 5) is 25.1. The summed E-state index contributed by atoms with van der Waals surface area (Å²) in [6, 6.07) is 4.59. The van der Waals surface area contributed by atoms with Crippen molar-refractivity contribution in [2.75, 3.05) is 24.2 Å². The van der Waals surface area contributed by atoms with Crippen molar-refractivity contribution in [1.29, 1.82) is 0 Å². The van der Waals surface area contributed by atoms with E-state index in [1.807, 2.05) is 11.8 Å². The minimum atomic E-state index is -1.03. The summed E-state index contributed by atoms with van der Waals surface area (Å²) in [5.74, 6) is -0.0921. The third-order valence-corrected chi connectivity index (χ3v) is 5.39. The molecule has 1 unspecified atom stereocenters. The van der Waals surface area contributed by atoms with Crippen LogP contribution in [0.25, 0.3) is 0 Å². The van der Waals surface area contributed by atoms with E-state index < -0.39 is 5.97 Å². The molecule has 5 nitrogen and oxygen atoms in total. The normalized spacial score (nSPS) is 18.4. The van der Waals surface area contributed by atoms with Gasteiger partial charge in [0.05, 0.1) is 5.56 Å². The van der Waals surface area contributed by atoms with Crippen molar-refractivity contribution in [3.63, 3.8) is 0 Å². The Hall–Kier alpha value is -1.21. The topological polar surface area (TPSA) is 69.6 Å². The van der Waals surface area contributed by atoms with Gasteiger partial charge in [-0.15, -0.1) is 0 Å². The molecule has 0 radical (unpaired) electrons. The molecule has 1 aromatic carbocycles. The molecule has 1 aliphatic heterocycles. The number of carbonyl (C=O) groups excluding carboxylic acids is 1. The van der Waals surface area contributed by atoms with E-state index in [2.05, 4.69) is 28.2 Å². The maximum atomic E-state index is 12.2. The monoisotopic (exact) mass is 372 g/mol. The Bertz CT molecular complexity index is 553. The first-order valence-corrected chi connectivity index (χ1v) is 8.55. The maximum absolute atomic E-state index is 12.2. The summed E-state index contributed by atoms with van der Waals surface area (Å²) in [5, 5.41) is 12.3. The number of carbonyl (C=O) groups is 2. The molecule has 1 heterocycles. The smallest absolute Gasteiger partial charge is 0.336 e. The van der Waals surface area contributed by atoms with Gasteiger partial charge in [0.15, 0.2) is 0 Å². The van der Waals surface area contributed by atoms with Gasteiger partial charge in [-0.25, -0.2) is 9.59 Å². The average molecular weight is 373 g/mol. The van der Waals surface area contributed by atoms with Crippen molar-refractivity contribution < 1.29 is 14.7 Å². The molecule has 2 N–H and O–H groups in total. The largest absolute Gasteiger partial charge is 0.478 e. The van der Waals surface area contributed by atoms with Crippen LogP contribution in [0.3, 0.4) is 0 Å². The Morgan fingerprint density at radius 2 is 2.29 bits per heavy atom. The van der Waals surface area contributed by atoms with Crippen molar-refractivity contribution in [3.05, 3.63) is 28.2 Å². The van der Waals surface area contributed by atoms with E-state index in [0.717, 1.165) is 25.3 Å². The van der Waals surface area contributed by atoms with E-state index >= 15 is 0 Å². The number of nitrogens with zero attached hydrogens (tertiary/aromatic N) is 1. The quantitative estimate of drug-likeness (QED) is 0.851. The van der Waals surface area contributed by atoms with Gasteiger partial charge in [0.2, 0.25) is 0 Å². The van der Waals surface area contributed by atoms with Crippen LogP contribution >= 0.6 is 27.7 Å². The number of hydrogen-bond acceptors (Lipinski definition) is 3. The molecule has 1 fully saturated rings. The van der Waals surface area contributed by atoms with Crippen LogP contribution in [-0.2, 0) is 0 Å². The van der Waals surface area contributed by atoms with Crippen LogP contribution in [0.4, 0.5) is 10.5 Å². The first kappa shape index (κ1) is 16.2. The maximum Gasteiger partial charge on any atom is 0.336 e. The lowest BCUT2D eigenvalue weighted by Gasteiger charge is -2.31. The van der Waals surface area contributed by atoms with Crippen molar-refractivity contribution >= 4 is 45.4 Å². The number of urea groups is 1. The van der Waals surface area contributed by atoms with Gasteiger partial charge in [-0.2, -0.15) is 11.8 Å². The van der Waals surface area contributed by atoms with E-state index in [-0.39, 0.29) is 11.6 Å². The molecule has 2 rings (SSSR count). The SMILES string of the molecule is CCC1CN(C(=O)Nc2ccc(Br)c(C(=O)O)c2)CCS1. The summed E-state index contributed by atoms with van der Waals surface area (Å²) >= 11 is 5.08. The Morgan fingerprint density at radius 3 is 2.95 bits per heavy atom. The molecule has 114 valence electrons. The van der Waals surface area contributed by atoms with Crippen LogP contribution in [-0.4, -0.2) is 46.1 Å². The van der Waals surface area contributed by atoms with Gasteiger partial charge in [0.25, 0.3) is 0 Å². The number of carboxylic acids is 1. The third kappa shape index (κ3) is 4.14. The van der Waals surface area contributed by atoms with Crippen LogP contribution in [0.15, 0.2) is 22.7 Å². The van der Waals surface area contributed by atoms with E-state index in [1.54, 1.807) is 17.0 Å². The molecule has 7 heteroatoms. The van der Waals surface area contributed by atoms with Crippen LogP contribution in [0.5, 0.6) is 0 Å². The minimum Gasteiger partial charge on any atom is -0.478 e. The molecular weight excluding hydrogens is 356 g/mol. The second kappa shape index (κ2) is 7.17. The highest BCUT2D eigenvalue weighted by atomic mass is 79.9. The first-order valence-electron chi connectivity index (χ1n) is 6.71. The summed E-state index contributed by atoms with van der Waals surface area (Å²) < 4.78 is 0.494. The number of nitrogens with one attached hydrogen (secondary N) is 1. The number of amides is 2. The van der Waals surface area contributed by atoms with E-state index in [0.29, 0.717) is 15.4 Å². The molecule has 1 saturated heterocycles. The second-order valence-corrected chi connectivity index (χ2v) is 7.04. The van der Waals surface area contributed by atoms with Gasteiger partial charge in [0, 0.05) is 34.3 Å². The lowest BCUT2D eigenvalue weighted by Crippen LogP contribution is -2.43. The molecule has 0 saturated carbocycles. The average Bonchev–Trinajstić information content (AvgIpc) is 2.49. The van der Waals surface area contributed by atoms with Crippen LogP contribution in [0, 0.1) is 0 Å². The van der Waals surface area contributed by atoms with Crippen molar-refractivity contribution in [2.45, 2.75) is 18.6 Å². The lowest BCUT2D eigenvalue weighted by atomic mass is 10.2. The van der Waals surface area contributed by atoms with Crippen molar-refractivity contribution in [3.8, 4) is 0 Å². The molecule has 0 aliphatic carbocycles. The minimum absolute atomic E-state index is 0.133. The number of halogens is 1. The Kier molecular flexibility index (Phi) is 5.52. The second-order valence-electron chi connectivity index (χ2n) is 4.78. The highest BCUT2D eigenvalue weighted by Crippen LogP contribution is 2.23. The number of aromatic carboxylic acids is 1. The summed E-state index contributed by atoms with van der Waals surface area (Å²) in [6.45, 7) is 3.57. The molecule has 1 aromatic rings. The fourth-order valence-corrected chi connectivity index (χ4v) is 3.72. The highest BCUT2D eigenvalue weighted by molar-refractivity contribution is 9.10. The zero-order valence-electron chi connectivity index (χ0n) is 11.6. The van der Waals surface area contributed by atoms with E-state index in [4.69, 9.17) is 5.11 Å².